The molecule has 0 aromatic carbocycles. The Morgan fingerprint density at radius 2 is 1.95 bits per heavy atom. The standard InChI is InChI=1S/C12H12N4O3/c17-11(15-9-1-5-13-6-2-9)4-8-16-10(12(18)19)3-7-14-16/h1-3,5-7H,4,8H2,(H,18,19)(H,13,15,17). The molecular formula is C12H12N4O3. The van der Waals surface area contributed by atoms with Crippen molar-refractivity contribution in [1.29, 1.82) is 0 Å². The van der Waals surface area contributed by atoms with E-state index in [0.29, 0.717) is 5.69 Å². The average molecular weight is 260 g/mol. The molecule has 2 heterocycles. The van der Waals surface area contributed by atoms with Gasteiger partial charge in [-0.1, -0.05) is 0 Å². The van der Waals surface area contributed by atoms with E-state index in [4.69, 9.17) is 5.11 Å². The number of rotatable bonds is 5. The minimum Gasteiger partial charge on any atom is -0.477 e. The summed E-state index contributed by atoms with van der Waals surface area (Å²) in [5.41, 5.74) is 0.718. The zero-order valence-electron chi connectivity index (χ0n) is 9.98. The molecule has 0 bridgehead atoms. The van der Waals surface area contributed by atoms with Crippen molar-refractivity contribution in [2.24, 2.45) is 0 Å². The highest BCUT2D eigenvalue weighted by atomic mass is 16.4. The van der Waals surface area contributed by atoms with E-state index in [1.54, 1.807) is 24.5 Å². The zero-order chi connectivity index (χ0) is 13.7. The SMILES string of the molecule is O=C(CCn1nccc1C(=O)O)Nc1ccncc1. The molecule has 7 heteroatoms. The lowest BCUT2D eigenvalue weighted by molar-refractivity contribution is -0.116. The highest BCUT2D eigenvalue weighted by Gasteiger charge is 2.11. The molecule has 98 valence electrons. The molecular weight excluding hydrogens is 248 g/mol. The van der Waals surface area contributed by atoms with Crippen LogP contribution in [0.15, 0.2) is 36.8 Å². The first-order valence-electron chi connectivity index (χ1n) is 5.62. The van der Waals surface area contributed by atoms with Gasteiger partial charge in [0.2, 0.25) is 5.91 Å². The highest BCUT2D eigenvalue weighted by Crippen LogP contribution is 2.05. The molecule has 19 heavy (non-hydrogen) atoms. The summed E-state index contributed by atoms with van der Waals surface area (Å²) in [6.45, 7) is 0.214. The van der Waals surface area contributed by atoms with Crippen LogP contribution < -0.4 is 5.32 Å². The molecule has 2 aromatic rings. The average Bonchev–Trinajstić information content (AvgIpc) is 2.86. The number of carboxylic acid groups (broad SMARTS) is 1. The first kappa shape index (κ1) is 12.7. The monoisotopic (exact) mass is 260 g/mol. The molecule has 2 aromatic heterocycles. The molecule has 7 nitrogen and oxygen atoms in total. The van der Waals surface area contributed by atoms with Crippen LogP contribution >= 0.6 is 0 Å². The molecule has 0 spiro atoms. The third-order valence-electron chi connectivity index (χ3n) is 2.45. The minimum atomic E-state index is -1.06. The summed E-state index contributed by atoms with van der Waals surface area (Å²) in [5, 5.41) is 15.4. The summed E-state index contributed by atoms with van der Waals surface area (Å²) in [4.78, 5) is 26.4. The summed E-state index contributed by atoms with van der Waals surface area (Å²) < 4.78 is 1.29. The highest BCUT2D eigenvalue weighted by molar-refractivity contribution is 5.90. The topological polar surface area (TPSA) is 97.1 Å². The van der Waals surface area contributed by atoms with Crippen molar-refractivity contribution < 1.29 is 14.7 Å². The van der Waals surface area contributed by atoms with Gasteiger partial charge < -0.3 is 10.4 Å². The van der Waals surface area contributed by atoms with Gasteiger partial charge in [0, 0.05) is 30.7 Å². The van der Waals surface area contributed by atoms with Crippen LogP contribution in [0.2, 0.25) is 0 Å². The first-order valence-corrected chi connectivity index (χ1v) is 5.62. The van der Waals surface area contributed by atoms with E-state index < -0.39 is 5.97 Å². The summed E-state index contributed by atoms with van der Waals surface area (Å²) in [5.74, 6) is -1.27. The zero-order valence-corrected chi connectivity index (χ0v) is 9.98. The molecule has 0 fully saturated rings. The van der Waals surface area contributed by atoms with Gasteiger partial charge in [-0.2, -0.15) is 5.10 Å². The van der Waals surface area contributed by atoms with Crippen molar-refractivity contribution in [2.45, 2.75) is 13.0 Å². The predicted octanol–water partition coefficient (Wildman–Crippen LogP) is 1.01. The number of aryl methyl sites for hydroxylation is 1. The van der Waals surface area contributed by atoms with Crippen LogP contribution in [0.25, 0.3) is 0 Å². The van der Waals surface area contributed by atoms with E-state index >= 15 is 0 Å². The lowest BCUT2D eigenvalue weighted by Crippen LogP contribution is -2.17. The van der Waals surface area contributed by atoms with E-state index in [9.17, 15) is 9.59 Å². The summed E-state index contributed by atoms with van der Waals surface area (Å²) in [7, 11) is 0. The number of nitrogens with zero attached hydrogens (tertiary/aromatic N) is 3. The van der Waals surface area contributed by atoms with Crippen molar-refractivity contribution in [3.05, 3.63) is 42.5 Å². The lowest BCUT2D eigenvalue weighted by Gasteiger charge is -2.06. The van der Waals surface area contributed by atoms with Gasteiger partial charge in [-0.25, -0.2) is 4.79 Å². The van der Waals surface area contributed by atoms with Crippen molar-refractivity contribution in [3.63, 3.8) is 0 Å². The van der Waals surface area contributed by atoms with E-state index in [1.807, 2.05) is 0 Å². The Morgan fingerprint density at radius 1 is 1.21 bits per heavy atom. The molecule has 0 saturated heterocycles. The molecule has 0 aliphatic rings. The van der Waals surface area contributed by atoms with Crippen LogP contribution in [0.3, 0.4) is 0 Å². The largest absolute Gasteiger partial charge is 0.477 e. The molecule has 1 amide bonds. The normalized spacial score (nSPS) is 10.1. The molecule has 2 rings (SSSR count). The number of nitrogens with one attached hydrogen (secondary N) is 1. The van der Waals surface area contributed by atoms with E-state index in [0.717, 1.165) is 0 Å². The third-order valence-corrected chi connectivity index (χ3v) is 2.45. The minimum absolute atomic E-state index is 0.0664. The molecule has 0 saturated carbocycles. The Hall–Kier alpha value is -2.70. The van der Waals surface area contributed by atoms with Crippen molar-refractivity contribution >= 4 is 17.6 Å². The number of hydrogen-bond acceptors (Lipinski definition) is 4. The van der Waals surface area contributed by atoms with Crippen molar-refractivity contribution in [3.8, 4) is 0 Å². The van der Waals surface area contributed by atoms with E-state index in [-0.39, 0.29) is 24.6 Å². The Labute approximate surface area is 108 Å². The van der Waals surface area contributed by atoms with Gasteiger partial charge in [-0.05, 0) is 18.2 Å². The summed E-state index contributed by atoms with van der Waals surface area (Å²) in [6, 6.07) is 4.74. The molecule has 2 N–H and O–H groups in total. The number of pyridine rings is 1. The van der Waals surface area contributed by atoms with Gasteiger partial charge in [0.05, 0.1) is 6.54 Å². The van der Waals surface area contributed by atoms with Gasteiger partial charge in [0.25, 0.3) is 0 Å². The molecule has 0 atom stereocenters. The summed E-state index contributed by atoms with van der Waals surface area (Å²) in [6.07, 6.45) is 4.69. The molecule has 0 radical (unpaired) electrons. The number of amides is 1. The fourth-order valence-corrected chi connectivity index (χ4v) is 1.56. The van der Waals surface area contributed by atoms with Crippen LogP contribution in [0.1, 0.15) is 16.9 Å². The Bertz CT molecular complexity index is 580. The van der Waals surface area contributed by atoms with Gasteiger partial charge in [-0.15, -0.1) is 0 Å². The number of aromatic carboxylic acids is 1. The predicted molar refractivity (Wildman–Crippen MR) is 66.7 cm³/mol. The maximum Gasteiger partial charge on any atom is 0.354 e. The number of hydrogen-bond donors (Lipinski definition) is 2. The lowest BCUT2D eigenvalue weighted by atomic mass is 10.3. The maximum absolute atomic E-state index is 11.7. The quantitative estimate of drug-likeness (QED) is 0.836. The van der Waals surface area contributed by atoms with Crippen LogP contribution in [-0.2, 0) is 11.3 Å². The van der Waals surface area contributed by atoms with Crippen LogP contribution in [0.5, 0.6) is 0 Å². The van der Waals surface area contributed by atoms with Gasteiger partial charge in [0.1, 0.15) is 5.69 Å². The second-order valence-electron chi connectivity index (χ2n) is 3.78. The fourth-order valence-electron chi connectivity index (χ4n) is 1.56. The van der Waals surface area contributed by atoms with Crippen molar-refractivity contribution in [1.82, 2.24) is 14.8 Å². The maximum atomic E-state index is 11.7. The number of carboxylic acids is 1. The van der Waals surface area contributed by atoms with E-state index in [2.05, 4.69) is 15.4 Å². The first-order chi connectivity index (χ1) is 9.16. The third kappa shape index (κ3) is 3.38. The van der Waals surface area contributed by atoms with Crippen LogP contribution in [0.4, 0.5) is 5.69 Å². The second-order valence-corrected chi connectivity index (χ2v) is 3.78. The molecule has 0 aliphatic heterocycles. The number of carbonyl (C=O) groups excluding carboxylic acids is 1. The van der Waals surface area contributed by atoms with Gasteiger partial charge in [-0.3, -0.25) is 14.5 Å². The van der Waals surface area contributed by atoms with Crippen LogP contribution in [-0.4, -0.2) is 31.7 Å². The fraction of sp³-hybridized carbons (Fsp3) is 0.167. The smallest absolute Gasteiger partial charge is 0.354 e. The molecule has 0 unspecified atom stereocenters. The number of aromatic nitrogens is 3. The van der Waals surface area contributed by atoms with Crippen molar-refractivity contribution in [2.75, 3.05) is 5.32 Å². The van der Waals surface area contributed by atoms with Gasteiger partial charge >= 0.3 is 5.97 Å². The second kappa shape index (κ2) is 5.76. The Morgan fingerprint density at radius 3 is 2.63 bits per heavy atom. The van der Waals surface area contributed by atoms with Crippen LogP contribution in [0, 0.1) is 0 Å². The summed E-state index contributed by atoms with van der Waals surface area (Å²) >= 11 is 0. The Balaban J connectivity index is 1.90. The number of anilines is 1. The molecule has 0 aliphatic carbocycles. The van der Waals surface area contributed by atoms with E-state index in [1.165, 1.54) is 16.9 Å². The Kier molecular flexibility index (Phi) is 3.87. The number of carbonyl (C=O) groups is 2. The van der Waals surface area contributed by atoms with Gasteiger partial charge in [0.15, 0.2) is 0 Å².